The van der Waals surface area contributed by atoms with Gasteiger partial charge in [0.05, 0.1) is 25.1 Å². The van der Waals surface area contributed by atoms with Crippen LogP contribution in [0, 0.1) is 11.8 Å². The number of rotatable bonds is 8. The van der Waals surface area contributed by atoms with Crippen LogP contribution in [0.5, 0.6) is 0 Å². The zero-order valence-corrected chi connectivity index (χ0v) is 20.1. The lowest BCUT2D eigenvalue weighted by atomic mass is 9.95. The molecule has 1 aliphatic carbocycles. The highest BCUT2D eigenvalue weighted by Crippen LogP contribution is 2.66. The first kappa shape index (κ1) is 27.0. The minimum Gasteiger partial charge on any atom is -0.389 e. The van der Waals surface area contributed by atoms with Crippen molar-refractivity contribution in [2.45, 2.75) is 31.7 Å². The van der Waals surface area contributed by atoms with Gasteiger partial charge in [-0.15, -0.1) is 0 Å². The fourth-order valence-electron chi connectivity index (χ4n) is 4.04. The molecule has 192 valence electrons. The smallest absolute Gasteiger partial charge is 0.389 e. The average molecular weight is 550 g/mol. The summed E-state index contributed by atoms with van der Waals surface area (Å²) in [7, 11) is -16.8. The average Bonchev–Trinajstić information content (AvgIpc) is 3.08. The van der Waals surface area contributed by atoms with Crippen molar-refractivity contribution in [3.05, 3.63) is 6.33 Å². The summed E-state index contributed by atoms with van der Waals surface area (Å²) in [6, 6.07) is -1.16. The number of imidazole rings is 1. The van der Waals surface area contributed by atoms with Crippen molar-refractivity contribution < 1.29 is 55.9 Å². The molecular weight excluding hydrogens is 528 g/mol. The lowest BCUT2D eigenvalue weighted by Crippen LogP contribution is -2.39. The van der Waals surface area contributed by atoms with Crippen molar-refractivity contribution in [3.8, 4) is 0 Å². The number of aliphatic hydroxyl groups excluding tert-OH is 1. The van der Waals surface area contributed by atoms with E-state index in [9.17, 15) is 28.6 Å². The fraction of sp³-hybridized carbons (Fsp3) is 0.615. The van der Waals surface area contributed by atoms with Crippen molar-refractivity contribution in [1.82, 2.24) is 19.5 Å². The summed E-state index contributed by atoms with van der Waals surface area (Å²) in [4.78, 5) is 47.9. The summed E-state index contributed by atoms with van der Waals surface area (Å²) < 4.78 is 63.1. The second-order valence-corrected chi connectivity index (χ2v) is 12.2. The summed E-state index contributed by atoms with van der Waals surface area (Å²) >= 11 is 0. The quantitative estimate of drug-likeness (QED) is 0.217. The first-order valence-electron chi connectivity index (χ1n) is 9.25. The van der Waals surface area contributed by atoms with E-state index in [2.05, 4.69) is 28.1 Å². The Kier molecular flexibility index (Phi) is 7.03. The molecule has 0 aromatic carbocycles. The predicted molar refractivity (Wildman–Crippen MR) is 111 cm³/mol. The van der Waals surface area contributed by atoms with Crippen LogP contribution >= 0.6 is 23.5 Å². The van der Waals surface area contributed by atoms with E-state index in [-0.39, 0.29) is 22.9 Å². The van der Waals surface area contributed by atoms with Crippen molar-refractivity contribution in [2.24, 2.45) is 11.8 Å². The molecule has 2 heterocycles. The fourth-order valence-corrected chi connectivity index (χ4v) is 7.10. The Morgan fingerprint density at radius 3 is 2.35 bits per heavy atom. The molecule has 0 saturated heterocycles. The van der Waals surface area contributed by atoms with Crippen LogP contribution in [0.1, 0.15) is 19.9 Å². The number of phosphoric ester groups is 1. The molecule has 1 aliphatic rings. The van der Waals surface area contributed by atoms with Gasteiger partial charge in [0.1, 0.15) is 5.52 Å². The molecule has 0 aliphatic heterocycles. The van der Waals surface area contributed by atoms with Gasteiger partial charge in [-0.05, 0) is 12.8 Å². The zero-order valence-electron chi connectivity index (χ0n) is 17.4. The number of hydrogen-bond acceptors (Lipinski definition) is 12. The van der Waals surface area contributed by atoms with Crippen LogP contribution in [0.2, 0.25) is 0 Å². The van der Waals surface area contributed by atoms with Crippen molar-refractivity contribution in [3.63, 3.8) is 0 Å². The largest absolute Gasteiger partial charge is 0.490 e. The number of aliphatic hydroxyl groups is 1. The zero-order chi connectivity index (χ0) is 25.9. The lowest BCUT2D eigenvalue weighted by Gasteiger charge is -2.28. The number of fused-ring (bicyclic) bond motifs is 1. The molecule has 7 atom stereocenters. The molecule has 2 unspecified atom stereocenters. The number of hydrogen-bond donors (Lipinski definition) is 7. The van der Waals surface area contributed by atoms with Gasteiger partial charge in [-0.2, -0.15) is 18.6 Å². The molecule has 17 nitrogen and oxygen atoms in total. The van der Waals surface area contributed by atoms with Gasteiger partial charge in [-0.25, -0.2) is 23.1 Å². The molecule has 3 rings (SSSR count). The van der Waals surface area contributed by atoms with Gasteiger partial charge in [0, 0.05) is 5.92 Å². The molecule has 2 aromatic rings. The second-order valence-electron chi connectivity index (χ2n) is 7.74. The summed E-state index contributed by atoms with van der Waals surface area (Å²) in [5.41, 5.74) is 9.21. The SMILES string of the molecule is C[C@H]1[C@H](COP(=O)(O)OP(=O)(O)OP(=O)(O)O)[C@@H](O)[C@@](C)(F)[C@@H]1n1cnc2c(N)nc(N)nc21. The highest BCUT2D eigenvalue weighted by Gasteiger charge is 2.58. The molecule has 2 aromatic heterocycles. The Labute approximate surface area is 190 Å². The van der Waals surface area contributed by atoms with Crippen molar-refractivity contribution in [1.29, 1.82) is 0 Å². The van der Waals surface area contributed by atoms with Gasteiger partial charge in [-0.1, -0.05) is 6.92 Å². The Hall–Kier alpha value is -1.55. The van der Waals surface area contributed by atoms with Crippen LogP contribution in [-0.2, 0) is 26.8 Å². The van der Waals surface area contributed by atoms with Gasteiger partial charge in [0.2, 0.25) is 5.95 Å². The molecule has 1 fully saturated rings. The number of anilines is 2. The Balaban J connectivity index is 1.84. The Morgan fingerprint density at radius 1 is 1.15 bits per heavy atom. The van der Waals surface area contributed by atoms with E-state index < -0.39 is 59.7 Å². The molecule has 9 N–H and O–H groups in total. The van der Waals surface area contributed by atoms with Crippen LogP contribution in [0.15, 0.2) is 6.33 Å². The second kappa shape index (κ2) is 8.84. The van der Waals surface area contributed by atoms with Crippen molar-refractivity contribution in [2.75, 3.05) is 18.1 Å². The first-order valence-corrected chi connectivity index (χ1v) is 13.8. The summed E-state index contributed by atoms with van der Waals surface area (Å²) in [5, 5.41) is 10.6. The number of nitrogens with two attached hydrogens (primary N) is 2. The molecule has 34 heavy (non-hydrogen) atoms. The van der Waals surface area contributed by atoms with E-state index in [0.717, 1.165) is 6.92 Å². The predicted octanol–water partition coefficient (Wildman–Crippen LogP) is 0.230. The monoisotopic (exact) mass is 550 g/mol. The van der Waals surface area contributed by atoms with Crippen molar-refractivity contribution >= 4 is 46.4 Å². The summed E-state index contributed by atoms with van der Waals surface area (Å²) in [6.07, 6.45) is -0.570. The van der Waals surface area contributed by atoms with E-state index in [1.54, 1.807) is 0 Å². The molecule has 0 bridgehead atoms. The molecule has 1 saturated carbocycles. The number of phosphoric acid groups is 3. The van der Waals surface area contributed by atoms with E-state index in [0.29, 0.717) is 0 Å². The molecule has 21 heteroatoms. The van der Waals surface area contributed by atoms with Crippen LogP contribution in [0.25, 0.3) is 11.2 Å². The highest BCUT2D eigenvalue weighted by atomic mass is 31.3. The summed E-state index contributed by atoms with van der Waals surface area (Å²) in [6.45, 7) is 1.70. The van der Waals surface area contributed by atoms with E-state index in [4.69, 9.17) is 21.3 Å². The maximum atomic E-state index is 15.7. The van der Waals surface area contributed by atoms with Gasteiger partial charge in [0.25, 0.3) is 0 Å². The maximum absolute atomic E-state index is 15.7. The normalized spacial score (nSPS) is 31.4. The minimum atomic E-state index is -5.73. The Morgan fingerprint density at radius 2 is 1.76 bits per heavy atom. The minimum absolute atomic E-state index is 0.0581. The van der Waals surface area contributed by atoms with Crippen LogP contribution < -0.4 is 11.5 Å². The van der Waals surface area contributed by atoms with Gasteiger partial charge >= 0.3 is 23.5 Å². The summed E-state index contributed by atoms with van der Waals surface area (Å²) in [5.74, 6) is -2.27. The molecular formula is C13H22FN6O11P3. The van der Waals surface area contributed by atoms with Crippen LogP contribution in [0.4, 0.5) is 16.2 Å². The number of alkyl halides is 1. The number of nitrogens with zero attached hydrogens (tertiary/aromatic N) is 4. The van der Waals surface area contributed by atoms with Crippen LogP contribution in [0.3, 0.4) is 0 Å². The maximum Gasteiger partial charge on any atom is 0.490 e. The molecule has 0 amide bonds. The third kappa shape index (κ3) is 5.48. The Bertz CT molecular complexity index is 1240. The third-order valence-electron chi connectivity index (χ3n) is 5.35. The van der Waals surface area contributed by atoms with E-state index >= 15 is 4.39 Å². The third-order valence-corrected chi connectivity index (χ3v) is 9.15. The van der Waals surface area contributed by atoms with Gasteiger partial charge in [-0.3, -0.25) is 4.52 Å². The topological polar surface area (TPSA) is 276 Å². The number of halogens is 1. The standard InChI is InChI=1S/C13H22FN6O11P3/c1-5-6(3-29-33(25,26)31-34(27,28)30-32(22,23)24)9(21)13(2,14)8(5)20-4-17-7-10(15)18-12(16)19-11(7)20/h4-6,8-9,21H,3H2,1-2H3,(H,25,26)(H,27,28)(H2,22,23,24)(H4,15,16,18,19)/t5-,6-,8+,9+,13-/m0/s1. The van der Waals surface area contributed by atoms with E-state index in [1.165, 1.54) is 17.8 Å². The molecule has 0 spiro atoms. The van der Waals surface area contributed by atoms with Gasteiger partial charge < -0.3 is 40.7 Å². The molecule has 0 radical (unpaired) electrons. The number of aromatic nitrogens is 4. The first-order chi connectivity index (χ1) is 15.3. The van der Waals surface area contributed by atoms with Gasteiger partial charge in [0.15, 0.2) is 17.1 Å². The van der Waals surface area contributed by atoms with Crippen LogP contribution in [-0.4, -0.2) is 62.6 Å². The van der Waals surface area contributed by atoms with E-state index in [1.807, 2.05) is 0 Å². The number of nitrogen functional groups attached to an aromatic ring is 2. The highest BCUT2D eigenvalue weighted by molar-refractivity contribution is 7.66. The lowest BCUT2D eigenvalue weighted by molar-refractivity contribution is -0.0198.